The minimum atomic E-state index is -0.531. The molecular weight excluding hydrogens is 358 g/mol. The maximum atomic E-state index is 13.2. The first-order valence-electron chi connectivity index (χ1n) is 9.26. The van der Waals surface area contributed by atoms with E-state index in [-0.39, 0.29) is 11.2 Å². The lowest BCUT2D eigenvalue weighted by atomic mass is 9.68. The SMILES string of the molecule is COC(=O)C1=C(C)NC2=C(C(=O)CC(C)(C)C2)C1c1cc(OC)cc(OC)c1. The van der Waals surface area contributed by atoms with E-state index in [4.69, 9.17) is 14.2 Å². The standard InChI is InChI=1S/C22H27NO5/c1-12-18(21(25)28-6)19(13-7-14(26-4)9-15(8-13)27-5)20-16(23-12)10-22(2,3)11-17(20)24/h7-9,19,23H,10-11H2,1-6H3. The number of hydrogen-bond donors (Lipinski definition) is 1. The molecule has 0 saturated heterocycles. The number of ketones is 1. The highest BCUT2D eigenvalue weighted by molar-refractivity contribution is 6.04. The van der Waals surface area contributed by atoms with E-state index in [0.717, 1.165) is 17.7 Å². The van der Waals surface area contributed by atoms with Crippen LogP contribution in [0.25, 0.3) is 0 Å². The lowest BCUT2D eigenvalue weighted by Gasteiger charge is -2.39. The summed E-state index contributed by atoms with van der Waals surface area (Å²) in [4.78, 5) is 25.8. The van der Waals surface area contributed by atoms with Crippen molar-refractivity contribution >= 4 is 11.8 Å². The van der Waals surface area contributed by atoms with Crippen LogP contribution in [-0.2, 0) is 14.3 Å². The zero-order valence-corrected chi connectivity index (χ0v) is 17.3. The van der Waals surface area contributed by atoms with Crippen LogP contribution in [0.4, 0.5) is 0 Å². The second-order valence-corrected chi connectivity index (χ2v) is 8.07. The number of dihydropyridines is 1. The third-order valence-corrected chi connectivity index (χ3v) is 5.35. The number of ether oxygens (including phenoxy) is 3. The second-order valence-electron chi connectivity index (χ2n) is 8.07. The van der Waals surface area contributed by atoms with E-state index in [1.165, 1.54) is 7.11 Å². The first-order chi connectivity index (χ1) is 13.2. The van der Waals surface area contributed by atoms with Crippen molar-refractivity contribution in [3.05, 3.63) is 46.3 Å². The topological polar surface area (TPSA) is 73.9 Å². The number of allylic oxidation sites excluding steroid dienone is 3. The number of hydrogen-bond acceptors (Lipinski definition) is 6. The first-order valence-corrected chi connectivity index (χ1v) is 9.26. The molecule has 1 aliphatic heterocycles. The van der Waals surface area contributed by atoms with Gasteiger partial charge in [-0.15, -0.1) is 0 Å². The van der Waals surface area contributed by atoms with Gasteiger partial charge in [-0.05, 0) is 36.5 Å². The summed E-state index contributed by atoms with van der Waals surface area (Å²) in [6, 6.07) is 5.44. The first kappa shape index (κ1) is 20.0. The largest absolute Gasteiger partial charge is 0.497 e. The van der Waals surface area contributed by atoms with Crippen molar-refractivity contribution in [3.8, 4) is 11.5 Å². The number of nitrogens with one attached hydrogen (secondary N) is 1. The molecule has 28 heavy (non-hydrogen) atoms. The molecule has 1 aromatic carbocycles. The quantitative estimate of drug-likeness (QED) is 0.800. The highest BCUT2D eigenvalue weighted by Gasteiger charge is 2.43. The van der Waals surface area contributed by atoms with Crippen LogP contribution in [0.3, 0.4) is 0 Å². The number of methoxy groups -OCH3 is 3. The summed E-state index contributed by atoms with van der Waals surface area (Å²) in [5.41, 5.74) is 3.26. The zero-order valence-electron chi connectivity index (χ0n) is 17.3. The van der Waals surface area contributed by atoms with Gasteiger partial charge in [0.05, 0.1) is 26.9 Å². The molecule has 0 saturated carbocycles. The van der Waals surface area contributed by atoms with Crippen LogP contribution < -0.4 is 14.8 Å². The van der Waals surface area contributed by atoms with Crippen molar-refractivity contribution in [2.75, 3.05) is 21.3 Å². The Labute approximate surface area is 165 Å². The van der Waals surface area contributed by atoms with Gasteiger partial charge in [-0.2, -0.15) is 0 Å². The van der Waals surface area contributed by atoms with Gasteiger partial charge in [0.25, 0.3) is 0 Å². The van der Waals surface area contributed by atoms with E-state index in [1.807, 2.05) is 19.1 Å². The van der Waals surface area contributed by atoms with E-state index in [2.05, 4.69) is 19.2 Å². The summed E-state index contributed by atoms with van der Waals surface area (Å²) in [5, 5.41) is 3.30. The molecule has 0 bridgehead atoms. The molecule has 150 valence electrons. The normalized spacial score (nSPS) is 21.1. The molecule has 0 radical (unpaired) electrons. The highest BCUT2D eigenvalue weighted by Crippen LogP contribution is 2.47. The Balaban J connectivity index is 2.25. The number of esters is 1. The molecule has 1 aromatic rings. The fourth-order valence-electron chi connectivity index (χ4n) is 4.15. The van der Waals surface area contributed by atoms with Gasteiger partial charge in [-0.3, -0.25) is 4.79 Å². The Hall–Kier alpha value is -2.76. The Morgan fingerprint density at radius 1 is 1.07 bits per heavy atom. The monoisotopic (exact) mass is 385 g/mol. The zero-order chi connectivity index (χ0) is 20.6. The van der Waals surface area contributed by atoms with Crippen molar-refractivity contribution < 1.29 is 23.8 Å². The summed E-state index contributed by atoms with van der Waals surface area (Å²) in [6.45, 7) is 6.00. The maximum absolute atomic E-state index is 13.2. The number of rotatable bonds is 4. The summed E-state index contributed by atoms with van der Waals surface area (Å²) in [6.07, 6.45) is 1.16. The minimum Gasteiger partial charge on any atom is -0.497 e. The molecule has 1 unspecified atom stereocenters. The molecule has 1 N–H and O–H groups in total. The third kappa shape index (κ3) is 3.51. The van der Waals surface area contributed by atoms with Crippen LogP contribution in [0.5, 0.6) is 11.5 Å². The number of carbonyl (C=O) groups is 2. The predicted octanol–water partition coefficient (Wildman–Crippen LogP) is 3.48. The number of Topliss-reactive ketones (excluding diaryl/α,β-unsaturated/α-hetero) is 1. The fourth-order valence-corrected chi connectivity index (χ4v) is 4.15. The smallest absolute Gasteiger partial charge is 0.336 e. The molecule has 0 aromatic heterocycles. The molecule has 1 heterocycles. The Morgan fingerprint density at radius 2 is 1.68 bits per heavy atom. The van der Waals surface area contributed by atoms with Gasteiger partial charge in [0, 0.05) is 35.4 Å². The molecule has 6 nitrogen and oxygen atoms in total. The molecule has 0 fully saturated rings. The fraction of sp³-hybridized carbons (Fsp3) is 0.455. The van der Waals surface area contributed by atoms with Gasteiger partial charge in [0.15, 0.2) is 5.78 Å². The molecule has 0 amide bonds. The Kier molecular flexibility index (Phi) is 5.24. The molecule has 0 spiro atoms. The molecular formula is C22H27NO5. The molecule has 6 heteroatoms. The second kappa shape index (κ2) is 7.34. The van der Waals surface area contributed by atoms with E-state index < -0.39 is 11.9 Å². The van der Waals surface area contributed by atoms with Crippen molar-refractivity contribution in [1.82, 2.24) is 5.32 Å². The van der Waals surface area contributed by atoms with E-state index in [0.29, 0.717) is 34.8 Å². The lowest BCUT2D eigenvalue weighted by Crippen LogP contribution is -2.38. The van der Waals surface area contributed by atoms with E-state index in [1.54, 1.807) is 20.3 Å². The van der Waals surface area contributed by atoms with Crippen LogP contribution in [0.1, 0.15) is 45.1 Å². The van der Waals surface area contributed by atoms with Crippen LogP contribution in [-0.4, -0.2) is 33.1 Å². The van der Waals surface area contributed by atoms with Crippen molar-refractivity contribution in [1.29, 1.82) is 0 Å². The molecule has 2 aliphatic rings. The van der Waals surface area contributed by atoms with Gasteiger partial charge in [-0.1, -0.05) is 13.8 Å². The summed E-state index contributed by atoms with van der Waals surface area (Å²) in [7, 11) is 4.49. The van der Waals surface area contributed by atoms with E-state index >= 15 is 0 Å². The Morgan fingerprint density at radius 3 is 2.21 bits per heavy atom. The number of benzene rings is 1. The third-order valence-electron chi connectivity index (χ3n) is 5.35. The van der Waals surface area contributed by atoms with Crippen molar-refractivity contribution in [3.63, 3.8) is 0 Å². The maximum Gasteiger partial charge on any atom is 0.336 e. The lowest BCUT2D eigenvalue weighted by molar-refractivity contribution is -0.136. The summed E-state index contributed by atoms with van der Waals surface area (Å²) >= 11 is 0. The number of carbonyl (C=O) groups excluding carboxylic acids is 2. The molecule has 3 rings (SSSR count). The van der Waals surface area contributed by atoms with Crippen LogP contribution in [0, 0.1) is 5.41 Å². The predicted molar refractivity (Wildman–Crippen MR) is 105 cm³/mol. The van der Waals surface area contributed by atoms with Crippen molar-refractivity contribution in [2.45, 2.75) is 39.5 Å². The summed E-state index contributed by atoms with van der Waals surface area (Å²) in [5.74, 6) is 0.248. The summed E-state index contributed by atoms with van der Waals surface area (Å²) < 4.78 is 15.9. The minimum absolute atomic E-state index is 0.0411. The van der Waals surface area contributed by atoms with Gasteiger partial charge >= 0.3 is 5.97 Å². The van der Waals surface area contributed by atoms with E-state index in [9.17, 15) is 9.59 Å². The van der Waals surface area contributed by atoms with Gasteiger partial charge in [-0.25, -0.2) is 4.79 Å². The van der Waals surface area contributed by atoms with Gasteiger partial charge < -0.3 is 19.5 Å². The van der Waals surface area contributed by atoms with Crippen LogP contribution in [0.2, 0.25) is 0 Å². The van der Waals surface area contributed by atoms with Gasteiger partial charge in [0.1, 0.15) is 11.5 Å². The van der Waals surface area contributed by atoms with Crippen LogP contribution in [0.15, 0.2) is 40.7 Å². The average molecular weight is 385 g/mol. The van der Waals surface area contributed by atoms with Crippen LogP contribution >= 0.6 is 0 Å². The van der Waals surface area contributed by atoms with Crippen molar-refractivity contribution in [2.24, 2.45) is 5.41 Å². The Bertz CT molecular complexity index is 872. The molecule has 1 atom stereocenters. The average Bonchev–Trinajstić information content (AvgIpc) is 2.64. The van der Waals surface area contributed by atoms with Gasteiger partial charge in [0.2, 0.25) is 0 Å². The highest BCUT2D eigenvalue weighted by atomic mass is 16.5. The molecule has 1 aliphatic carbocycles.